The summed E-state index contributed by atoms with van der Waals surface area (Å²) in [6.45, 7) is 0. The van der Waals surface area contributed by atoms with Crippen LogP contribution >= 0.6 is 39.1 Å². The third-order valence-corrected chi connectivity index (χ3v) is 4.20. The highest BCUT2D eigenvalue weighted by atomic mass is 79.9. The number of hydrogen-bond donors (Lipinski definition) is 2. The quantitative estimate of drug-likeness (QED) is 0.834. The first kappa shape index (κ1) is 15.2. The van der Waals surface area contributed by atoms with Crippen molar-refractivity contribution in [2.45, 2.75) is 6.04 Å². The van der Waals surface area contributed by atoms with Crippen LogP contribution in [0.2, 0.25) is 10.0 Å². The smallest absolute Gasteiger partial charge is 0.244 e. The molecule has 0 heterocycles. The van der Waals surface area contributed by atoms with E-state index in [2.05, 4.69) is 21.2 Å². The summed E-state index contributed by atoms with van der Waals surface area (Å²) in [7, 11) is 0. The van der Waals surface area contributed by atoms with Crippen LogP contribution in [0.1, 0.15) is 11.6 Å². The SMILES string of the molecule is NC(=O)C(Nc1ccc(Cl)cc1)c1ccc(Br)c(Cl)c1. The Hall–Kier alpha value is -1.23. The molecule has 0 bridgehead atoms. The summed E-state index contributed by atoms with van der Waals surface area (Å²) >= 11 is 15.2. The number of primary amides is 1. The maximum absolute atomic E-state index is 11.6. The van der Waals surface area contributed by atoms with Crippen molar-refractivity contribution in [3.05, 3.63) is 62.5 Å². The van der Waals surface area contributed by atoms with E-state index in [4.69, 9.17) is 28.9 Å². The average molecular weight is 374 g/mol. The Kier molecular flexibility index (Phi) is 4.91. The summed E-state index contributed by atoms with van der Waals surface area (Å²) in [5.41, 5.74) is 6.89. The van der Waals surface area contributed by atoms with Crippen LogP contribution in [0.3, 0.4) is 0 Å². The molecule has 0 fully saturated rings. The number of carbonyl (C=O) groups excluding carboxylic acids is 1. The highest BCUT2D eigenvalue weighted by Crippen LogP contribution is 2.28. The molecule has 3 nitrogen and oxygen atoms in total. The van der Waals surface area contributed by atoms with Crippen LogP contribution < -0.4 is 11.1 Å². The molecule has 0 aliphatic heterocycles. The Morgan fingerprint density at radius 2 is 1.80 bits per heavy atom. The second kappa shape index (κ2) is 6.48. The van der Waals surface area contributed by atoms with Gasteiger partial charge >= 0.3 is 0 Å². The van der Waals surface area contributed by atoms with Crippen LogP contribution in [-0.4, -0.2) is 5.91 Å². The molecule has 2 rings (SSSR count). The minimum Gasteiger partial charge on any atom is -0.370 e. The Morgan fingerprint density at radius 1 is 1.15 bits per heavy atom. The zero-order chi connectivity index (χ0) is 14.7. The maximum atomic E-state index is 11.6. The van der Waals surface area contributed by atoms with Gasteiger partial charge in [-0.05, 0) is 57.9 Å². The summed E-state index contributed by atoms with van der Waals surface area (Å²) in [6.07, 6.45) is 0. The molecule has 0 spiro atoms. The van der Waals surface area contributed by atoms with Crippen LogP contribution in [0, 0.1) is 0 Å². The first-order chi connectivity index (χ1) is 9.47. The first-order valence-corrected chi connectivity index (χ1v) is 7.28. The largest absolute Gasteiger partial charge is 0.370 e. The molecule has 0 saturated carbocycles. The van der Waals surface area contributed by atoms with E-state index in [0.29, 0.717) is 15.6 Å². The van der Waals surface area contributed by atoms with Crippen molar-refractivity contribution in [2.75, 3.05) is 5.32 Å². The molecule has 2 aromatic rings. The second-order valence-electron chi connectivity index (χ2n) is 4.16. The first-order valence-electron chi connectivity index (χ1n) is 5.74. The zero-order valence-corrected chi connectivity index (χ0v) is 13.3. The van der Waals surface area contributed by atoms with E-state index in [0.717, 1.165) is 10.2 Å². The van der Waals surface area contributed by atoms with Gasteiger partial charge in [0.15, 0.2) is 0 Å². The number of amides is 1. The molecule has 104 valence electrons. The Bertz CT molecular complexity index is 632. The van der Waals surface area contributed by atoms with E-state index in [9.17, 15) is 4.79 Å². The maximum Gasteiger partial charge on any atom is 0.244 e. The molecule has 0 aliphatic rings. The molecular weight excluding hydrogens is 363 g/mol. The van der Waals surface area contributed by atoms with E-state index < -0.39 is 11.9 Å². The lowest BCUT2D eigenvalue weighted by molar-refractivity contribution is -0.118. The number of anilines is 1. The van der Waals surface area contributed by atoms with Crippen molar-refractivity contribution in [3.63, 3.8) is 0 Å². The molecule has 0 aliphatic carbocycles. The topological polar surface area (TPSA) is 55.1 Å². The molecule has 6 heteroatoms. The van der Waals surface area contributed by atoms with E-state index in [1.54, 1.807) is 42.5 Å². The fourth-order valence-corrected chi connectivity index (χ4v) is 2.29. The van der Waals surface area contributed by atoms with Gasteiger partial charge in [-0.1, -0.05) is 29.3 Å². The third-order valence-electron chi connectivity index (χ3n) is 2.72. The Balaban J connectivity index is 2.29. The van der Waals surface area contributed by atoms with Crippen LogP contribution in [0.5, 0.6) is 0 Å². The van der Waals surface area contributed by atoms with Crippen molar-refractivity contribution < 1.29 is 4.79 Å². The molecule has 1 amide bonds. The van der Waals surface area contributed by atoms with Crippen LogP contribution in [0.25, 0.3) is 0 Å². The number of rotatable bonds is 4. The molecule has 0 aromatic heterocycles. The molecule has 1 atom stereocenters. The average Bonchev–Trinajstić information content (AvgIpc) is 2.41. The molecule has 0 radical (unpaired) electrons. The third kappa shape index (κ3) is 3.66. The van der Waals surface area contributed by atoms with Crippen LogP contribution in [0.15, 0.2) is 46.9 Å². The monoisotopic (exact) mass is 372 g/mol. The molecule has 3 N–H and O–H groups in total. The van der Waals surface area contributed by atoms with E-state index in [-0.39, 0.29) is 0 Å². The predicted octanol–water partition coefficient (Wildman–Crippen LogP) is 4.39. The number of nitrogens with two attached hydrogens (primary N) is 1. The minimum absolute atomic E-state index is 0.488. The van der Waals surface area contributed by atoms with E-state index in [1.165, 1.54) is 0 Å². The minimum atomic E-state index is -0.665. The molecular formula is C14H11BrCl2N2O. The highest BCUT2D eigenvalue weighted by Gasteiger charge is 2.18. The number of halogens is 3. The highest BCUT2D eigenvalue weighted by molar-refractivity contribution is 9.10. The van der Waals surface area contributed by atoms with Crippen molar-refractivity contribution in [1.82, 2.24) is 0 Å². The summed E-state index contributed by atoms with van der Waals surface area (Å²) in [6, 6.07) is 11.6. The fraction of sp³-hybridized carbons (Fsp3) is 0.0714. The number of hydrogen-bond acceptors (Lipinski definition) is 2. The van der Waals surface area contributed by atoms with E-state index in [1.807, 2.05) is 0 Å². The number of nitrogens with one attached hydrogen (secondary N) is 1. The predicted molar refractivity (Wildman–Crippen MR) is 86.2 cm³/mol. The van der Waals surface area contributed by atoms with Crippen molar-refractivity contribution in [3.8, 4) is 0 Å². The fourth-order valence-electron chi connectivity index (χ4n) is 1.72. The van der Waals surface area contributed by atoms with Gasteiger partial charge in [0.05, 0.1) is 5.02 Å². The molecule has 20 heavy (non-hydrogen) atoms. The lowest BCUT2D eigenvalue weighted by Crippen LogP contribution is -2.27. The summed E-state index contributed by atoms with van der Waals surface area (Å²) in [4.78, 5) is 11.6. The van der Waals surface area contributed by atoms with Gasteiger partial charge in [-0.25, -0.2) is 0 Å². The Labute approximate surface area is 135 Å². The molecule has 2 aromatic carbocycles. The van der Waals surface area contributed by atoms with Crippen LogP contribution in [-0.2, 0) is 4.79 Å². The number of carbonyl (C=O) groups is 1. The lowest BCUT2D eigenvalue weighted by Gasteiger charge is -2.17. The summed E-state index contributed by atoms with van der Waals surface area (Å²) in [5.74, 6) is -0.488. The van der Waals surface area contributed by atoms with Gasteiger partial charge in [0, 0.05) is 15.2 Å². The van der Waals surface area contributed by atoms with Crippen LogP contribution in [0.4, 0.5) is 5.69 Å². The summed E-state index contributed by atoms with van der Waals surface area (Å²) < 4.78 is 0.762. The van der Waals surface area contributed by atoms with Crippen molar-refractivity contribution in [2.24, 2.45) is 5.73 Å². The van der Waals surface area contributed by atoms with Gasteiger partial charge in [-0.2, -0.15) is 0 Å². The van der Waals surface area contributed by atoms with Gasteiger partial charge in [0.25, 0.3) is 0 Å². The van der Waals surface area contributed by atoms with Crippen molar-refractivity contribution in [1.29, 1.82) is 0 Å². The van der Waals surface area contributed by atoms with Gasteiger partial charge < -0.3 is 11.1 Å². The number of benzene rings is 2. The van der Waals surface area contributed by atoms with Gasteiger partial charge in [-0.3, -0.25) is 4.79 Å². The standard InChI is InChI=1S/C14H11BrCl2N2O/c15-11-6-1-8(7-12(11)17)13(14(18)20)19-10-4-2-9(16)3-5-10/h1-7,13,19H,(H2,18,20). The van der Waals surface area contributed by atoms with Gasteiger partial charge in [-0.15, -0.1) is 0 Å². The normalized spacial score (nSPS) is 11.9. The molecule has 0 saturated heterocycles. The molecule has 1 unspecified atom stereocenters. The van der Waals surface area contributed by atoms with Crippen molar-refractivity contribution >= 4 is 50.7 Å². The van der Waals surface area contributed by atoms with Gasteiger partial charge in [0.2, 0.25) is 5.91 Å². The Morgan fingerprint density at radius 3 is 2.35 bits per heavy atom. The lowest BCUT2D eigenvalue weighted by atomic mass is 10.1. The van der Waals surface area contributed by atoms with E-state index >= 15 is 0 Å². The summed E-state index contributed by atoms with van der Waals surface area (Å²) in [5, 5.41) is 4.20. The second-order valence-corrected chi connectivity index (χ2v) is 5.86. The zero-order valence-electron chi connectivity index (χ0n) is 10.2. The van der Waals surface area contributed by atoms with Gasteiger partial charge in [0.1, 0.15) is 6.04 Å².